The summed E-state index contributed by atoms with van der Waals surface area (Å²) >= 11 is 0. The number of carbonyl (C=O) groups excluding carboxylic acids is 1. The third-order valence-corrected chi connectivity index (χ3v) is 6.18. The number of nitrogens with zero attached hydrogens (tertiary/aromatic N) is 2. The fourth-order valence-electron chi connectivity index (χ4n) is 4.22. The fourth-order valence-corrected chi connectivity index (χ4v) is 4.22. The highest BCUT2D eigenvalue weighted by Gasteiger charge is 2.23. The smallest absolute Gasteiger partial charge is 0.222 e. The minimum absolute atomic E-state index is 0.177. The van der Waals surface area contributed by atoms with Crippen molar-refractivity contribution in [2.45, 2.75) is 52.6 Å². The van der Waals surface area contributed by atoms with Gasteiger partial charge in [-0.1, -0.05) is 38.1 Å². The van der Waals surface area contributed by atoms with Crippen LogP contribution in [0, 0.1) is 12.8 Å². The zero-order valence-electron chi connectivity index (χ0n) is 18.8. The molecular formula is C27H32N2O2. The van der Waals surface area contributed by atoms with Gasteiger partial charge in [0.15, 0.2) is 0 Å². The van der Waals surface area contributed by atoms with Gasteiger partial charge in [-0.2, -0.15) is 0 Å². The van der Waals surface area contributed by atoms with Crippen molar-refractivity contribution in [1.29, 1.82) is 0 Å². The topological polar surface area (TPSA) is 42.4 Å². The minimum atomic E-state index is 0.177. The second-order valence-electron chi connectivity index (χ2n) is 8.99. The summed E-state index contributed by atoms with van der Waals surface area (Å²) in [4.78, 5) is 18.7. The number of hydrogen-bond acceptors (Lipinski definition) is 3. The van der Waals surface area contributed by atoms with Crippen LogP contribution < -0.4 is 4.74 Å². The molecule has 4 rings (SSSR count). The van der Waals surface area contributed by atoms with Crippen molar-refractivity contribution in [3.05, 3.63) is 60.4 Å². The van der Waals surface area contributed by atoms with E-state index >= 15 is 0 Å². The predicted molar refractivity (Wildman–Crippen MR) is 126 cm³/mol. The second-order valence-corrected chi connectivity index (χ2v) is 8.99. The maximum atomic E-state index is 12.3. The van der Waals surface area contributed by atoms with Crippen molar-refractivity contribution in [2.24, 2.45) is 5.92 Å². The molecule has 162 valence electrons. The average molecular weight is 417 g/mol. The standard InChI is InChI=1S/C27H32N2O2/c1-19(2)4-11-27(30)29-16-13-25(14-17-29)31-24-8-5-21(6-9-24)22-7-10-26-20(3)28-15-12-23(26)18-22/h5-10,12,15,18-19,25H,4,11,13-14,16-17H2,1-3H3. The van der Waals surface area contributed by atoms with Crippen LogP contribution in [0.5, 0.6) is 5.75 Å². The molecule has 1 fully saturated rings. The molecule has 4 nitrogen and oxygen atoms in total. The van der Waals surface area contributed by atoms with E-state index in [1.54, 1.807) is 0 Å². The van der Waals surface area contributed by atoms with Gasteiger partial charge in [-0.3, -0.25) is 9.78 Å². The molecule has 0 aliphatic carbocycles. The lowest BCUT2D eigenvalue weighted by Gasteiger charge is -2.32. The molecule has 0 saturated carbocycles. The second kappa shape index (κ2) is 9.51. The van der Waals surface area contributed by atoms with Crippen LogP contribution in [0.25, 0.3) is 21.9 Å². The van der Waals surface area contributed by atoms with Crippen LogP contribution in [0.4, 0.5) is 0 Å². The molecule has 3 aromatic rings. The number of hydrogen-bond donors (Lipinski definition) is 0. The van der Waals surface area contributed by atoms with Gasteiger partial charge in [0.05, 0.1) is 0 Å². The number of amides is 1. The molecule has 0 bridgehead atoms. The molecule has 0 spiro atoms. The quantitative estimate of drug-likeness (QED) is 0.494. The number of aromatic nitrogens is 1. The maximum absolute atomic E-state index is 12.3. The van der Waals surface area contributed by atoms with E-state index in [2.05, 4.69) is 67.4 Å². The van der Waals surface area contributed by atoms with E-state index in [9.17, 15) is 4.79 Å². The lowest BCUT2D eigenvalue weighted by molar-refractivity contribution is -0.133. The molecule has 2 aromatic carbocycles. The van der Waals surface area contributed by atoms with Crippen LogP contribution in [-0.2, 0) is 4.79 Å². The Labute approximate surface area is 185 Å². The predicted octanol–water partition coefficient (Wildman–Crippen LogP) is 6.02. The summed E-state index contributed by atoms with van der Waals surface area (Å²) in [6, 6.07) is 16.9. The van der Waals surface area contributed by atoms with Gasteiger partial charge in [0.2, 0.25) is 5.91 Å². The van der Waals surface area contributed by atoms with Gasteiger partial charge >= 0.3 is 0 Å². The summed E-state index contributed by atoms with van der Waals surface area (Å²) < 4.78 is 6.21. The first kappa shape index (κ1) is 21.4. The van der Waals surface area contributed by atoms with Gasteiger partial charge < -0.3 is 9.64 Å². The largest absolute Gasteiger partial charge is 0.490 e. The van der Waals surface area contributed by atoms with E-state index < -0.39 is 0 Å². The molecule has 4 heteroatoms. The lowest BCUT2D eigenvalue weighted by atomic mass is 10.0. The summed E-state index contributed by atoms with van der Waals surface area (Å²) in [5, 5.41) is 2.40. The average Bonchev–Trinajstić information content (AvgIpc) is 2.78. The zero-order chi connectivity index (χ0) is 21.8. The number of aryl methyl sites for hydroxylation is 1. The van der Waals surface area contributed by atoms with Gasteiger partial charge in [0.1, 0.15) is 11.9 Å². The molecule has 1 saturated heterocycles. The van der Waals surface area contributed by atoms with Crippen molar-refractivity contribution in [3.63, 3.8) is 0 Å². The molecule has 1 amide bonds. The van der Waals surface area contributed by atoms with E-state index in [-0.39, 0.29) is 12.0 Å². The summed E-state index contributed by atoms with van der Waals surface area (Å²) in [7, 11) is 0. The normalized spacial score (nSPS) is 14.9. The van der Waals surface area contributed by atoms with Gasteiger partial charge in [-0.25, -0.2) is 0 Å². The van der Waals surface area contributed by atoms with Crippen molar-refractivity contribution < 1.29 is 9.53 Å². The molecule has 0 unspecified atom stereocenters. The lowest BCUT2D eigenvalue weighted by Crippen LogP contribution is -2.41. The number of ether oxygens (including phenoxy) is 1. The third-order valence-electron chi connectivity index (χ3n) is 6.18. The van der Waals surface area contributed by atoms with Crippen molar-refractivity contribution in [1.82, 2.24) is 9.88 Å². The Morgan fingerprint density at radius 2 is 1.77 bits per heavy atom. The summed E-state index contributed by atoms with van der Waals surface area (Å²) in [6.45, 7) is 7.96. The first-order valence-electron chi connectivity index (χ1n) is 11.4. The summed E-state index contributed by atoms with van der Waals surface area (Å²) in [5.74, 6) is 1.76. The van der Waals surface area contributed by atoms with E-state index in [0.29, 0.717) is 12.3 Å². The van der Waals surface area contributed by atoms with E-state index in [1.165, 1.54) is 21.9 Å². The molecule has 0 radical (unpaired) electrons. The Bertz CT molecular complexity index is 1030. The van der Waals surface area contributed by atoms with Crippen LogP contribution in [0.3, 0.4) is 0 Å². The van der Waals surface area contributed by atoms with Crippen molar-refractivity contribution >= 4 is 16.7 Å². The molecular weight excluding hydrogens is 384 g/mol. The first-order valence-corrected chi connectivity index (χ1v) is 11.4. The number of piperidine rings is 1. The Hall–Kier alpha value is -2.88. The highest BCUT2D eigenvalue weighted by Crippen LogP contribution is 2.28. The van der Waals surface area contributed by atoms with Crippen LogP contribution in [0.15, 0.2) is 54.7 Å². The number of carbonyl (C=O) groups is 1. The van der Waals surface area contributed by atoms with Crippen molar-refractivity contribution in [3.8, 4) is 16.9 Å². The monoisotopic (exact) mass is 416 g/mol. The van der Waals surface area contributed by atoms with Gasteiger partial charge in [-0.15, -0.1) is 0 Å². The Kier molecular flexibility index (Phi) is 6.55. The maximum Gasteiger partial charge on any atom is 0.222 e. The molecule has 0 N–H and O–H groups in total. The number of pyridine rings is 1. The minimum Gasteiger partial charge on any atom is -0.490 e. The summed E-state index contributed by atoms with van der Waals surface area (Å²) in [6.07, 6.45) is 5.46. The number of fused-ring (bicyclic) bond motifs is 1. The van der Waals surface area contributed by atoms with E-state index in [4.69, 9.17) is 4.74 Å². The number of benzene rings is 2. The van der Waals surface area contributed by atoms with Crippen LogP contribution in [0.1, 0.15) is 45.2 Å². The van der Waals surface area contributed by atoms with Gasteiger partial charge in [0, 0.05) is 49.6 Å². The van der Waals surface area contributed by atoms with Crippen LogP contribution in [0.2, 0.25) is 0 Å². The van der Waals surface area contributed by atoms with E-state index in [1.807, 2.05) is 18.0 Å². The number of likely N-dealkylation sites (tertiary alicyclic amines) is 1. The molecule has 0 atom stereocenters. The van der Waals surface area contributed by atoms with E-state index in [0.717, 1.165) is 43.8 Å². The molecule has 31 heavy (non-hydrogen) atoms. The number of rotatable bonds is 6. The Morgan fingerprint density at radius 1 is 1.06 bits per heavy atom. The fraction of sp³-hybridized carbons (Fsp3) is 0.407. The zero-order valence-corrected chi connectivity index (χ0v) is 18.8. The Morgan fingerprint density at radius 3 is 2.48 bits per heavy atom. The molecule has 2 heterocycles. The molecule has 1 aromatic heterocycles. The SMILES string of the molecule is Cc1nccc2cc(-c3ccc(OC4CCN(C(=O)CCC(C)C)CC4)cc3)ccc12. The molecule has 1 aliphatic rings. The molecule has 1 aliphatic heterocycles. The Balaban J connectivity index is 1.34. The highest BCUT2D eigenvalue weighted by atomic mass is 16.5. The first-order chi connectivity index (χ1) is 15.0. The van der Waals surface area contributed by atoms with Crippen molar-refractivity contribution in [2.75, 3.05) is 13.1 Å². The van der Waals surface area contributed by atoms with Gasteiger partial charge in [0.25, 0.3) is 0 Å². The highest BCUT2D eigenvalue weighted by molar-refractivity contribution is 5.88. The van der Waals surface area contributed by atoms with Crippen LogP contribution >= 0.6 is 0 Å². The third kappa shape index (κ3) is 5.25. The summed E-state index contributed by atoms with van der Waals surface area (Å²) in [5.41, 5.74) is 3.42. The van der Waals surface area contributed by atoms with Gasteiger partial charge in [-0.05, 0) is 60.0 Å². The van der Waals surface area contributed by atoms with Crippen LogP contribution in [-0.4, -0.2) is 35.0 Å².